The molecule has 0 spiro atoms. The Hall–Kier alpha value is -1.37. The van der Waals surface area contributed by atoms with Gasteiger partial charge in [0, 0.05) is 5.57 Å². The predicted molar refractivity (Wildman–Crippen MR) is 64.9 cm³/mol. The van der Waals surface area contributed by atoms with E-state index < -0.39 is 0 Å². The van der Waals surface area contributed by atoms with Gasteiger partial charge in [0.25, 0.3) is 0 Å². The van der Waals surface area contributed by atoms with Crippen LogP contribution < -0.4 is 0 Å². The summed E-state index contributed by atoms with van der Waals surface area (Å²) in [5.74, 6) is 0.142. The lowest BCUT2D eigenvalue weighted by atomic mass is 9.95. The van der Waals surface area contributed by atoms with E-state index in [0.717, 1.165) is 17.6 Å². The van der Waals surface area contributed by atoms with Gasteiger partial charge in [-0.15, -0.1) is 0 Å². The minimum atomic E-state index is 0.142. The zero-order valence-corrected chi connectivity index (χ0v) is 9.92. The normalized spacial score (nSPS) is 11.6. The summed E-state index contributed by atoms with van der Waals surface area (Å²) >= 11 is 0. The molecule has 0 atom stereocenters. The zero-order valence-electron chi connectivity index (χ0n) is 9.92. The van der Waals surface area contributed by atoms with E-state index in [1.807, 2.05) is 19.1 Å². The second kappa shape index (κ2) is 4.92. The number of hydrogen-bond donors (Lipinski definition) is 0. The molecule has 0 aliphatic rings. The van der Waals surface area contributed by atoms with Gasteiger partial charge in [-0.1, -0.05) is 36.8 Å². The number of Topliss-reactive ketones (excluding diaryl/α,β-unsaturated/α-hetero) is 1. The Morgan fingerprint density at radius 3 is 2.47 bits per heavy atom. The number of allylic oxidation sites excluding steroid dienone is 2. The summed E-state index contributed by atoms with van der Waals surface area (Å²) in [5.41, 5.74) is 4.31. The maximum absolute atomic E-state index is 11.5. The number of rotatable bonds is 3. The highest BCUT2D eigenvalue weighted by atomic mass is 16.1. The highest BCUT2D eigenvalue weighted by molar-refractivity contribution is 6.19. The maximum atomic E-state index is 11.5. The molecule has 0 unspecified atom stereocenters. The van der Waals surface area contributed by atoms with Crippen LogP contribution in [-0.4, -0.2) is 5.78 Å². The van der Waals surface area contributed by atoms with Gasteiger partial charge in [0.05, 0.1) is 0 Å². The van der Waals surface area contributed by atoms with E-state index in [4.69, 9.17) is 0 Å². The minimum absolute atomic E-state index is 0.142. The van der Waals surface area contributed by atoms with E-state index in [0.29, 0.717) is 0 Å². The molecule has 0 heterocycles. The number of benzene rings is 1. The smallest absolute Gasteiger partial charge is 0.160 e. The topological polar surface area (TPSA) is 17.1 Å². The van der Waals surface area contributed by atoms with E-state index in [-0.39, 0.29) is 5.78 Å². The predicted octanol–water partition coefficient (Wildman–Crippen LogP) is 3.69. The van der Waals surface area contributed by atoms with Crippen LogP contribution in [0.1, 0.15) is 37.0 Å². The first-order valence-corrected chi connectivity index (χ1v) is 5.35. The van der Waals surface area contributed by atoms with Crippen molar-refractivity contribution < 1.29 is 4.79 Å². The molecular formula is C14H18O. The Morgan fingerprint density at radius 2 is 2.00 bits per heavy atom. The van der Waals surface area contributed by atoms with Crippen LogP contribution in [0, 0.1) is 13.8 Å². The van der Waals surface area contributed by atoms with Gasteiger partial charge in [0.1, 0.15) is 0 Å². The van der Waals surface area contributed by atoms with Crippen LogP contribution in [0.15, 0.2) is 24.3 Å². The molecule has 0 N–H and O–H groups in total. The molecule has 80 valence electrons. The number of carbonyl (C=O) groups excluding carboxylic acids is 1. The van der Waals surface area contributed by atoms with Gasteiger partial charge in [-0.2, -0.15) is 0 Å². The molecule has 0 aliphatic carbocycles. The third-order valence-corrected chi connectivity index (χ3v) is 2.46. The van der Waals surface area contributed by atoms with Gasteiger partial charge >= 0.3 is 0 Å². The number of aryl methyl sites for hydroxylation is 2. The molecule has 0 saturated carbocycles. The summed E-state index contributed by atoms with van der Waals surface area (Å²) in [6.07, 6.45) is 2.89. The second-order valence-electron chi connectivity index (χ2n) is 3.90. The quantitative estimate of drug-likeness (QED) is 0.683. The maximum Gasteiger partial charge on any atom is 0.160 e. The van der Waals surface area contributed by atoms with E-state index in [2.05, 4.69) is 26.0 Å². The number of ketones is 1. The molecule has 1 rings (SSSR count). The van der Waals surface area contributed by atoms with Crippen molar-refractivity contribution >= 4 is 11.4 Å². The summed E-state index contributed by atoms with van der Waals surface area (Å²) in [7, 11) is 0. The fraction of sp³-hybridized carbons (Fsp3) is 0.357. The molecule has 0 saturated heterocycles. The van der Waals surface area contributed by atoms with E-state index >= 15 is 0 Å². The van der Waals surface area contributed by atoms with Crippen molar-refractivity contribution in [1.29, 1.82) is 0 Å². The lowest BCUT2D eigenvalue weighted by Gasteiger charge is -2.08. The van der Waals surface area contributed by atoms with Gasteiger partial charge in [0.15, 0.2) is 5.78 Å². The zero-order chi connectivity index (χ0) is 11.4. The average molecular weight is 202 g/mol. The summed E-state index contributed by atoms with van der Waals surface area (Å²) < 4.78 is 0. The van der Waals surface area contributed by atoms with Crippen LogP contribution in [0.4, 0.5) is 0 Å². The lowest BCUT2D eigenvalue weighted by Crippen LogP contribution is -1.98. The van der Waals surface area contributed by atoms with Gasteiger partial charge in [0.2, 0.25) is 0 Å². The van der Waals surface area contributed by atoms with Gasteiger partial charge in [-0.25, -0.2) is 0 Å². The Labute approximate surface area is 91.8 Å². The third-order valence-electron chi connectivity index (χ3n) is 2.46. The molecule has 0 radical (unpaired) electrons. The molecule has 0 aromatic heterocycles. The van der Waals surface area contributed by atoms with Gasteiger partial charge in [-0.05, 0) is 38.3 Å². The summed E-state index contributed by atoms with van der Waals surface area (Å²) in [5, 5.41) is 0. The first-order chi connectivity index (χ1) is 7.06. The van der Waals surface area contributed by atoms with Crippen molar-refractivity contribution in [2.75, 3.05) is 0 Å². The van der Waals surface area contributed by atoms with E-state index in [1.54, 1.807) is 6.92 Å². The summed E-state index contributed by atoms with van der Waals surface area (Å²) in [6, 6.07) is 6.20. The molecule has 1 nitrogen and oxygen atoms in total. The summed E-state index contributed by atoms with van der Waals surface area (Å²) in [6.45, 7) is 7.79. The van der Waals surface area contributed by atoms with Crippen LogP contribution in [0.5, 0.6) is 0 Å². The van der Waals surface area contributed by atoms with Crippen molar-refractivity contribution in [3.8, 4) is 0 Å². The largest absolute Gasteiger partial charge is 0.295 e. The van der Waals surface area contributed by atoms with Gasteiger partial charge in [-0.3, -0.25) is 4.79 Å². The Morgan fingerprint density at radius 1 is 1.33 bits per heavy atom. The number of carbonyl (C=O) groups is 1. The Bertz CT molecular complexity index is 400. The average Bonchev–Trinajstić information content (AvgIpc) is 2.15. The first kappa shape index (κ1) is 11.7. The van der Waals surface area contributed by atoms with E-state index in [1.165, 1.54) is 11.1 Å². The van der Waals surface area contributed by atoms with Crippen molar-refractivity contribution in [3.63, 3.8) is 0 Å². The molecule has 0 bridgehead atoms. The van der Waals surface area contributed by atoms with Crippen molar-refractivity contribution in [2.24, 2.45) is 0 Å². The van der Waals surface area contributed by atoms with Crippen LogP contribution in [0.25, 0.3) is 5.57 Å². The van der Waals surface area contributed by atoms with Crippen molar-refractivity contribution in [3.05, 3.63) is 41.0 Å². The lowest BCUT2D eigenvalue weighted by molar-refractivity contribution is -0.111. The molecule has 15 heavy (non-hydrogen) atoms. The van der Waals surface area contributed by atoms with Crippen molar-refractivity contribution in [2.45, 2.75) is 34.1 Å². The van der Waals surface area contributed by atoms with Crippen LogP contribution >= 0.6 is 0 Å². The van der Waals surface area contributed by atoms with Gasteiger partial charge < -0.3 is 0 Å². The molecule has 1 aromatic rings. The fourth-order valence-electron chi connectivity index (χ4n) is 1.76. The minimum Gasteiger partial charge on any atom is -0.295 e. The van der Waals surface area contributed by atoms with Crippen molar-refractivity contribution in [1.82, 2.24) is 0 Å². The monoisotopic (exact) mass is 202 g/mol. The molecule has 0 fully saturated rings. The Kier molecular flexibility index (Phi) is 3.84. The highest BCUT2D eigenvalue weighted by Crippen LogP contribution is 2.21. The number of hydrogen-bond acceptors (Lipinski definition) is 1. The third kappa shape index (κ3) is 2.79. The highest BCUT2D eigenvalue weighted by Gasteiger charge is 2.08. The van der Waals surface area contributed by atoms with E-state index in [9.17, 15) is 4.79 Å². The Balaban J connectivity index is 3.24. The molecule has 0 aliphatic heterocycles. The molecule has 1 aromatic carbocycles. The van der Waals surface area contributed by atoms with Crippen LogP contribution in [0.2, 0.25) is 0 Å². The first-order valence-electron chi connectivity index (χ1n) is 5.35. The standard InChI is InChI=1S/C14H18O/c1-5-6-14(12(4)15)13-8-7-10(2)9-11(13)3/h6-9H,5H2,1-4H3/b14-6-. The molecule has 1 heteroatoms. The fourth-order valence-corrected chi connectivity index (χ4v) is 1.76. The summed E-state index contributed by atoms with van der Waals surface area (Å²) in [4.78, 5) is 11.5. The molecule has 0 amide bonds. The second-order valence-corrected chi connectivity index (χ2v) is 3.90. The van der Waals surface area contributed by atoms with Crippen LogP contribution in [-0.2, 0) is 4.79 Å². The van der Waals surface area contributed by atoms with Crippen LogP contribution in [0.3, 0.4) is 0 Å². The SMILES string of the molecule is CC/C=C(/C(C)=O)c1ccc(C)cc1C. The molecular weight excluding hydrogens is 184 g/mol.